The maximum absolute atomic E-state index is 12.5. The molecule has 0 radical (unpaired) electrons. The molecule has 0 bridgehead atoms. The highest BCUT2D eigenvalue weighted by atomic mass is 32.1. The summed E-state index contributed by atoms with van der Waals surface area (Å²) in [5.41, 5.74) is 1.77. The number of nitrogens with one attached hydrogen (secondary N) is 1. The minimum atomic E-state index is 0.137. The molecule has 1 amide bonds. The molecule has 2 aromatic rings. The lowest BCUT2D eigenvalue weighted by Gasteiger charge is -2.31. The van der Waals surface area contributed by atoms with Crippen LogP contribution in [-0.2, 0) is 11.2 Å². The molecule has 134 valence electrons. The molecule has 25 heavy (non-hydrogen) atoms. The monoisotopic (exact) mass is 361 g/mol. The van der Waals surface area contributed by atoms with Crippen LogP contribution in [0.2, 0.25) is 0 Å². The van der Waals surface area contributed by atoms with Gasteiger partial charge in [0, 0.05) is 36.6 Å². The van der Waals surface area contributed by atoms with E-state index >= 15 is 0 Å². The topological polar surface area (TPSA) is 63.7 Å². The van der Waals surface area contributed by atoms with E-state index in [1.807, 2.05) is 28.5 Å². The number of amides is 1. The van der Waals surface area contributed by atoms with Crippen LogP contribution in [0.3, 0.4) is 0 Å². The molecule has 1 fully saturated rings. The van der Waals surface area contributed by atoms with Crippen molar-refractivity contribution in [1.82, 2.24) is 15.2 Å². The van der Waals surface area contributed by atoms with Gasteiger partial charge in [-0.25, -0.2) is 4.98 Å². The van der Waals surface area contributed by atoms with E-state index in [-0.39, 0.29) is 5.91 Å². The maximum atomic E-state index is 12.5. The van der Waals surface area contributed by atoms with E-state index in [2.05, 4.69) is 17.2 Å². The molecule has 0 saturated carbocycles. The van der Waals surface area contributed by atoms with Crippen molar-refractivity contribution in [2.24, 2.45) is 0 Å². The van der Waals surface area contributed by atoms with Crippen molar-refractivity contribution < 1.29 is 14.3 Å². The van der Waals surface area contributed by atoms with E-state index < -0.39 is 0 Å². The summed E-state index contributed by atoms with van der Waals surface area (Å²) in [6.07, 6.45) is 0.344. The SMILES string of the molecule is COc1ccc(-c2nc(CC(=O)N3CCNC(C)C3)cs2)cc1OC. The number of benzene rings is 1. The van der Waals surface area contributed by atoms with Crippen molar-refractivity contribution in [3.8, 4) is 22.1 Å². The molecule has 2 heterocycles. The lowest BCUT2D eigenvalue weighted by Crippen LogP contribution is -2.51. The average molecular weight is 361 g/mol. The van der Waals surface area contributed by atoms with Crippen molar-refractivity contribution in [2.75, 3.05) is 33.9 Å². The molecule has 1 aromatic carbocycles. The fourth-order valence-electron chi connectivity index (χ4n) is 2.92. The fraction of sp³-hybridized carbons (Fsp3) is 0.444. The highest BCUT2D eigenvalue weighted by molar-refractivity contribution is 7.13. The summed E-state index contributed by atoms with van der Waals surface area (Å²) in [4.78, 5) is 19.0. The van der Waals surface area contributed by atoms with Gasteiger partial charge < -0.3 is 19.7 Å². The van der Waals surface area contributed by atoms with Gasteiger partial charge in [0.15, 0.2) is 11.5 Å². The molecule has 1 saturated heterocycles. The molecule has 0 aliphatic carbocycles. The van der Waals surface area contributed by atoms with Crippen molar-refractivity contribution >= 4 is 17.2 Å². The lowest BCUT2D eigenvalue weighted by atomic mass is 10.2. The van der Waals surface area contributed by atoms with Crippen LogP contribution < -0.4 is 14.8 Å². The maximum Gasteiger partial charge on any atom is 0.228 e. The van der Waals surface area contributed by atoms with Gasteiger partial charge in [-0.1, -0.05) is 0 Å². The minimum absolute atomic E-state index is 0.137. The number of rotatable bonds is 5. The Hall–Kier alpha value is -2.12. The van der Waals surface area contributed by atoms with Crippen molar-refractivity contribution in [2.45, 2.75) is 19.4 Å². The predicted molar refractivity (Wildman–Crippen MR) is 98.4 cm³/mol. The number of carbonyl (C=O) groups excluding carboxylic acids is 1. The second kappa shape index (κ2) is 7.84. The van der Waals surface area contributed by atoms with Crippen molar-refractivity contribution in [1.29, 1.82) is 0 Å². The van der Waals surface area contributed by atoms with Crippen molar-refractivity contribution in [3.63, 3.8) is 0 Å². The van der Waals surface area contributed by atoms with E-state index in [1.165, 1.54) is 11.3 Å². The summed E-state index contributed by atoms with van der Waals surface area (Å²) in [5, 5.41) is 6.17. The molecule has 3 rings (SSSR count). The van der Waals surface area contributed by atoms with E-state index in [9.17, 15) is 4.79 Å². The van der Waals surface area contributed by atoms with Gasteiger partial charge in [-0.15, -0.1) is 11.3 Å². The molecule has 1 unspecified atom stereocenters. The number of thiazole rings is 1. The summed E-state index contributed by atoms with van der Waals surface area (Å²) in [6.45, 7) is 4.46. The van der Waals surface area contributed by atoms with Crippen LogP contribution in [0.4, 0.5) is 0 Å². The largest absolute Gasteiger partial charge is 0.493 e. The first-order chi connectivity index (χ1) is 12.1. The van der Waals surface area contributed by atoms with Crippen LogP contribution in [0.5, 0.6) is 11.5 Å². The Kier molecular flexibility index (Phi) is 5.55. The molecule has 7 heteroatoms. The van der Waals surface area contributed by atoms with E-state index in [0.29, 0.717) is 24.0 Å². The third-order valence-corrected chi connectivity index (χ3v) is 5.18. The minimum Gasteiger partial charge on any atom is -0.493 e. The lowest BCUT2D eigenvalue weighted by molar-refractivity contribution is -0.131. The number of nitrogens with zero attached hydrogens (tertiary/aromatic N) is 2. The Morgan fingerprint density at radius 1 is 1.36 bits per heavy atom. The average Bonchev–Trinajstić information content (AvgIpc) is 3.09. The molecule has 1 aromatic heterocycles. The van der Waals surface area contributed by atoms with Crippen LogP contribution in [0, 0.1) is 0 Å². The van der Waals surface area contributed by atoms with Crippen LogP contribution in [-0.4, -0.2) is 55.7 Å². The predicted octanol–water partition coefficient (Wildman–Crippen LogP) is 2.19. The second-order valence-electron chi connectivity index (χ2n) is 6.09. The van der Waals surface area contributed by atoms with E-state index in [1.54, 1.807) is 14.2 Å². The Morgan fingerprint density at radius 3 is 2.88 bits per heavy atom. The summed E-state index contributed by atoms with van der Waals surface area (Å²) >= 11 is 1.53. The quantitative estimate of drug-likeness (QED) is 0.884. The number of methoxy groups -OCH3 is 2. The van der Waals surface area contributed by atoms with Gasteiger partial charge in [-0.05, 0) is 25.1 Å². The zero-order valence-corrected chi connectivity index (χ0v) is 15.6. The van der Waals surface area contributed by atoms with Gasteiger partial charge in [0.25, 0.3) is 0 Å². The van der Waals surface area contributed by atoms with E-state index in [4.69, 9.17) is 9.47 Å². The standard InChI is InChI=1S/C18H23N3O3S/c1-12-10-21(7-6-19-12)17(22)9-14-11-25-18(20-14)13-4-5-15(23-2)16(8-13)24-3/h4-5,8,11-12,19H,6-7,9-10H2,1-3H3. The first-order valence-electron chi connectivity index (χ1n) is 8.28. The highest BCUT2D eigenvalue weighted by Crippen LogP contribution is 2.33. The molecule has 6 nitrogen and oxygen atoms in total. The first-order valence-corrected chi connectivity index (χ1v) is 9.16. The van der Waals surface area contributed by atoms with E-state index in [0.717, 1.165) is 35.9 Å². The van der Waals surface area contributed by atoms with Crippen LogP contribution in [0.1, 0.15) is 12.6 Å². The summed E-state index contributed by atoms with van der Waals surface area (Å²) in [7, 11) is 3.23. The Balaban J connectivity index is 1.71. The van der Waals surface area contributed by atoms with Gasteiger partial charge in [-0.2, -0.15) is 0 Å². The molecule has 1 atom stereocenters. The highest BCUT2D eigenvalue weighted by Gasteiger charge is 2.21. The van der Waals surface area contributed by atoms with Gasteiger partial charge in [0.05, 0.1) is 26.3 Å². The summed E-state index contributed by atoms with van der Waals surface area (Å²) < 4.78 is 10.6. The number of piperazine rings is 1. The summed E-state index contributed by atoms with van der Waals surface area (Å²) in [5.74, 6) is 1.49. The smallest absolute Gasteiger partial charge is 0.228 e. The van der Waals surface area contributed by atoms with Crippen LogP contribution in [0.15, 0.2) is 23.6 Å². The fourth-order valence-corrected chi connectivity index (χ4v) is 3.73. The van der Waals surface area contributed by atoms with Crippen LogP contribution >= 0.6 is 11.3 Å². The third-order valence-electron chi connectivity index (χ3n) is 4.24. The third kappa shape index (κ3) is 4.11. The zero-order chi connectivity index (χ0) is 17.8. The summed E-state index contributed by atoms with van der Waals surface area (Å²) in [6, 6.07) is 6.06. The molecule has 0 spiro atoms. The number of ether oxygens (including phenoxy) is 2. The zero-order valence-electron chi connectivity index (χ0n) is 14.7. The Labute approximate surface area is 151 Å². The normalized spacial score (nSPS) is 17.4. The van der Waals surface area contributed by atoms with Crippen LogP contribution in [0.25, 0.3) is 10.6 Å². The van der Waals surface area contributed by atoms with Gasteiger partial charge >= 0.3 is 0 Å². The van der Waals surface area contributed by atoms with Gasteiger partial charge in [-0.3, -0.25) is 4.79 Å². The molecule has 1 aliphatic rings. The van der Waals surface area contributed by atoms with Gasteiger partial charge in [0.2, 0.25) is 5.91 Å². The number of aromatic nitrogens is 1. The van der Waals surface area contributed by atoms with Crippen molar-refractivity contribution in [3.05, 3.63) is 29.3 Å². The number of carbonyl (C=O) groups is 1. The molecular weight excluding hydrogens is 338 g/mol. The number of hydrogen-bond acceptors (Lipinski definition) is 6. The van der Waals surface area contributed by atoms with Gasteiger partial charge in [0.1, 0.15) is 5.01 Å². The first kappa shape index (κ1) is 17.7. The number of hydrogen-bond donors (Lipinski definition) is 1. The molecular formula is C18H23N3O3S. The molecule has 1 N–H and O–H groups in total. The molecule has 1 aliphatic heterocycles. The Bertz CT molecular complexity index is 747. The Morgan fingerprint density at radius 2 is 2.16 bits per heavy atom. The second-order valence-corrected chi connectivity index (χ2v) is 6.94.